The van der Waals surface area contributed by atoms with Crippen molar-refractivity contribution in [1.29, 1.82) is 5.41 Å². The van der Waals surface area contributed by atoms with Crippen LogP contribution in [0.2, 0.25) is 0 Å². The van der Waals surface area contributed by atoms with Crippen molar-refractivity contribution in [2.24, 2.45) is 17.6 Å². The molecule has 0 saturated heterocycles. The van der Waals surface area contributed by atoms with Gasteiger partial charge in [-0.25, -0.2) is 0 Å². The number of ketones is 1. The predicted octanol–water partition coefficient (Wildman–Crippen LogP) is 0.293. The highest BCUT2D eigenvalue weighted by Gasteiger charge is 2.63. The van der Waals surface area contributed by atoms with E-state index in [9.17, 15) is 34.8 Å². The lowest BCUT2D eigenvalue weighted by molar-refractivity contribution is -0.138. The molecule has 11 nitrogen and oxygen atoms in total. The number of hydrogen-bond acceptors (Lipinski definition) is 10. The largest absolute Gasteiger partial charge is 0.510 e. The average molecular weight is 485 g/mol. The van der Waals surface area contributed by atoms with Gasteiger partial charge in [0, 0.05) is 31.3 Å². The summed E-state index contributed by atoms with van der Waals surface area (Å²) >= 11 is 0. The van der Waals surface area contributed by atoms with E-state index < -0.39 is 63.7 Å². The Hall–Kier alpha value is -3.70. The van der Waals surface area contributed by atoms with E-state index in [0.717, 1.165) is 0 Å². The van der Waals surface area contributed by atoms with Crippen molar-refractivity contribution in [2.75, 3.05) is 33.1 Å². The Kier molecular flexibility index (Phi) is 5.53. The van der Waals surface area contributed by atoms with E-state index in [1.54, 1.807) is 33.1 Å². The van der Waals surface area contributed by atoms with Gasteiger partial charge in [-0.05, 0) is 44.5 Å². The van der Waals surface area contributed by atoms with E-state index in [-0.39, 0.29) is 29.5 Å². The number of nitrogens with zero attached hydrogens (tertiary/aromatic N) is 2. The Bertz CT molecular complexity index is 1260. The summed E-state index contributed by atoms with van der Waals surface area (Å²) in [6.45, 7) is 0. The van der Waals surface area contributed by atoms with E-state index in [4.69, 9.17) is 11.1 Å². The van der Waals surface area contributed by atoms with Crippen LogP contribution >= 0.6 is 0 Å². The van der Waals surface area contributed by atoms with Crippen LogP contribution in [-0.2, 0) is 16.0 Å². The molecule has 11 heteroatoms. The van der Waals surface area contributed by atoms with Crippen LogP contribution in [-0.4, -0.2) is 88.8 Å². The molecular weight excluding hydrogens is 456 g/mol. The van der Waals surface area contributed by atoms with Crippen molar-refractivity contribution in [3.63, 3.8) is 0 Å². The first-order valence-corrected chi connectivity index (χ1v) is 11.0. The number of benzene rings is 1. The molecule has 4 rings (SSSR count). The molecule has 1 amide bonds. The second-order valence-corrected chi connectivity index (χ2v) is 9.71. The number of likely N-dealkylation sites (N-methyl/N-ethyl adjacent to an activating group) is 1. The number of phenolic OH excluding ortho intramolecular Hbond substituents is 1. The van der Waals surface area contributed by atoms with Crippen LogP contribution in [0, 0.1) is 17.2 Å². The molecule has 1 aromatic rings. The van der Waals surface area contributed by atoms with Crippen molar-refractivity contribution in [3.05, 3.63) is 39.7 Å². The Morgan fingerprint density at radius 2 is 1.86 bits per heavy atom. The van der Waals surface area contributed by atoms with Gasteiger partial charge in [0.05, 0.1) is 22.9 Å². The smallest absolute Gasteiger partial charge is 0.254 e. The van der Waals surface area contributed by atoms with Gasteiger partial charge in [0.2, 0.25) is 5.78 Å². The number of carbonyl (C=O) groups excluding carboxylic acids is 3. The summed E-state index contributed by atoms with van der Waals surface area (Å²) in [5.41, 5.74) is 2.07. The van der Waals surface area contributed by atoms with Gasteiger partial charge < -0.3 is 36.5 Å². The summed E-state index contributed by atoms with van der Waals surface area (Å²) in [6, 6.07) is 0.498. The van der Waals surface area contributed by atoms with Crippen molar-refractivity contribution >= 4 is 35.1 Å². The topological polar surface area (TPSA) is 188 Å². The van der Waals surface area contributed by atoms with Crippen LogP contribution in [0.3, 0.4) is 0 Å². The minimum absolute atomic E-state index is 0.0749. The highest BCUT2D eigenvalue weighted by molar-refractivity contribution is 6.34. The third-order valence-corrected chi connectivity index (χ3v) is 7.39. The molecule has 0 radical (unpaired) electrons. The second-order valence-electron chi connectivity index (χ2n) is 9.71. The van der Waals surface area contributed by atoms with Gasteiger partial charge >= 0.3 is 0 Å². The molecule has 0 unspecified atom stereocenters. The van der Waals surface area contributed by atoms with Crippen molar-refractivity contribution < 1.29 is 34.8 Å². The average Bonchev–Trinajstić information content (AvgIpc) is 2.75. The number of aliphatic hydroxyl groups excluding tert-OH is 2. The number of Topliss-reactive ketones (excluding diaryl/α,β-unsaturated/α-hetero) is 1. The number of primary amides is 1. The monoisotopic (exact) mass is 484 g/mol. The van der Waals surface area contributed by atoms with E-state index in [1.165, 1.54) is 11.0 Å². The molecule has 0 aliphatic heterocycles. The minimum atomic E-state index is -2.55. The molecular formula is C24H28N4O7. The zero-order valence-electron chi connectivity index (χ0n) is 19.8. The van der Waals surface area contributed by atoms with Crippen molar-refractivity contribution in [3.8, 4) is 5.75 Å². The number of aliphatic hydroxyl groups is 3. The quantitative estimate of drug-likeness (QED) is 0.326. The summed E-state index contributed by atoms with van der Waals surface area (Å²) in [4.78, 5) is 40.7. The van der Waals surface area contributed by atoms with E-state index in [2.05, 4.69) is 0 Å². The molecule has 0 bridgehead atoms. The summed E-state index contributed by atoms with van der Waals surface area (Å²) in [7, 11) is 6.67. The molecule has 186 valence electrons. The van der Waals surface area contributed by atoms with E-state index in [1.807, 2.05) is 0 Å². The minimum Gasteiger partial charge on any atom is -0.510 e. The van der Waals surface area contributed by atoms with E-state index >= 15 is 0 Å². The maximum Gasteiger partial charge on any atom is 0.254 e. The van der Waals surface area contributed by atoms with E-state index in [0.29, 0.717) is 17.5 Å². The fourth-order valence-electron chi connectivity index (χ4n) is 5.86. The molecule has 0 aromatic heterocycles. The van der Waals surface area contributed by atoms with Crippen LogP contribution in [0.5, 0.6) is 5.75 Å². The summed E-state index contributed by atoms with van der Waals surface area (Å²) < 4.78 is 0. The number of aromatic hydroxyl groups is 1. The number of rotatable bonds is 4. The predicted molar refractivity (Wildman–Crippen MR) is 127 cm³/mol. The normalized spacial score (nSPS) is 28.0. The fourth-order valence-corrected chi connectivity index (χ4v) is 5.86. The first-order valence-electron chi connectivity index (χ1n) is 11.0. The van der Waals surface area contributed by atoms with Gasteiger partial charge in [-0.3, -0.25) is 19.3 Å². The molecule has 7 N–H and O–H groups in total. The number of nitrogens with one attached hydrogen (secondary N) is 1. The number of amides is 1. The van der Waals surface area contributed by atoms with Crippen LogP contribution in [0.15, 0.2) is 23.0 Å². The lowest BCUT2D eigenvalue weighted by Gasteiger charge is -2.51. The first kappa shape index (κ1) is 24.4. The maximum atomic E-state index is 13.8. The third kappa shape index (κ3) is 3.11. The standard InChI is InChI=1S/C24H28N4O7/c1-27(2)13-7-10(8-29)18(30)15-11(13)5-9-6-12-17(28(3)4)20(32)16(23(26)34)21(25)24(12,35)22(33)14(9)19(15)31/h7-9,12,17,25,30-32,35H,5-6H2,1-4H3,(H2,26,34)/t9-,12-,17-,24+/m0/s1. The number of phenols is 1. The molecule has 35 heavy (non-hydrogen) atoms. The Balaban J connectivity index is 2.00. The second kappa shape index (κ2) is 7.92. The van der Waals surface area contributed by atoms with Crippen LogP contribution in [0.25, 0.3) is 5.76 Å². The zero-order chi connectivity index (χ0) is 26.1. The maximum absolute atomic E-state index is 13.8. The highest BCUT2D eigenvalue weighted by atomic mass is 16.3. The van der Waals surface area contributed by atoms with Crippen LogP contribution in [0.1, 0.15) is 27.9 Å². The number of aldehydes is 1. The molecule has 0 heterocycles. The number of hydrogen-bond donors (Lipinski definition) is 6. The Labute approximate surface area is 201 Å². The number of fused-ring (bicyclic) bond motifs is 3. The SMILES string of the molecule is CN(C)c1cc(C=O)c(O)c2c1C[C@H]1C[C@H]3[C@H](N(C)C)C(O)=C(C(N)=O)C(=N)[C@@]3(O)C(=O)C1=C2O. The van der Waals surface area contributed by atoms with Gasteiger partial charge in [-0.2, -0.15) is 0 Å². The molecule has 3 aliphatic rings. The molecule has 1 saturated carbocycles. The van der Waals surface area contributed by atoms with Crippen LogP contribution < -0.4 is 10.6 Å². The van der Waals surface area contributed by atoms with Gasteiger partial charge in [-0.15, -0.1) is 0 Å². The Morgan fingerprint density at radius 3 is 2.37 bits per heavy atom. The van der Waals surface area contributed by atoms with Gasteiger partial charge in [0.15, 0.2) is 11.9 Å². The Morgan fingerprint density at radius 1 is 1.23 bits per heavy atom. The van der Waals surface area contributed by atoms with Gasteiger partial charge in [-0.1, -0.05) is 0 Å². The lowest BCUT2D eigenvalue weighted by Crippen LogP contribution is -2.67. The fraction of sp³-hybridized carbons (Fsp3) is 0.417. The molecule has 4 atom stereocenters. The lowest BCUT2D eigenvalue weighted by atomic mass is 9.56. The zero-order valence-corrected chi connectivity index (χ0v) is 19.8. The molecule has 0 spiro atoms. The number of carbonyl (C=O) groups is 3. The van der Waals surface area contributed by atoms with Crippen LogP contribution in [0.4, 0.5) is 5.69 Å². The molecule has 1 aromatic carbocycles. The van der Waals surface area contributed by atoms with Crippen molar-refractivity contribution in [2.45, 2.75) is 24.5 Å². The molecule has 1 fully saturated rings. The summed E-state index contributed by atoms with van der Waals surface area (Å²) in [5, 5.41) is 53.0. The third-order valence-electron chi connectivity index (χ3n) is 7.39. The summed E-state index contributed by atoms with van der Waals surface area (Å²) in [5.74, 6) is -5.40. The highest BCUT2D eigenvalue weighted by Crippen LogP contribution is 2.53. The molecule has 3 aliphatic carbocycles. The first-order chi connectivity index (χ1) is 16.3. The number of anilines is 1. The van der Waals surface area contributed by atoms with Gasteiger partial charge in [0.25, 0.3) is 5.91 Å². The number of nitrogens with two attached hydrogens (primary N) is 1. The van der Waals surface area contributed by atoms with Crippen molar-refractivity contribution in [1.82, 2.24) is 4.90 Å². The van der Waals surface area contributed by atoms with Gasteiger partial charge in [0.1, 0.15) is 22.8 Å². The summed E-state index contributed by atoms with van der Waals surface area (Å²) in [6.07, 6.45) is 0.698.